The predicted octanol–water partition coefficient (Wildman–Crippen LogP) is 2.84. The number of amides is 1. The molecule has 5 rings (SSSR count). The van der Waals surface area contributed by atoms with E-state index in [4.69, 9.17) is 0 Å². The van der Waals surface area contributed by atoms with Crippen LogP contribution in [0.15, 0.2) is 36.9 Å². The standard InChI is InChI=1S/C20H15F2N7O/c1-20(2)11-7-25-17(26-16(11)27-19(20)30)15-14-12(21)4-6-24-18(14)29(28-15)9-10-3-5-23-8-13(10)22/h3-8H,9H2,1-2H3,(H,25,26,27,30). The number of carbonyl (C=O) groups excluding carboxylic acids is 1. The summed E-state index contributed by atoms with van der Waals surface area (Å²) in [5, 5.41) is 7.27. The van der Waals surface area contributed by atoms with Gasteiger partial charge in [-0.3, -0.25) is 9.78 Å². The van der Waals surface area contributed by atoms with Gasteiger partial charge in [-0.1, -0.05) is 0 Å². The Bertz CT molecular complexity index is 1330. The van der Waals surface area contributed by atoms with Crippen LogP contribution in [0, 0.1) is 11.6 Å². The summed E-state index contributed by atoms with van der Waals surface area (Å²) in [4.78, 5) is 28.9. The normalized spacial score (nSPS) is 14.7. The van der Waals surface area contributed by atoms with E-state index in [1.54, 1.807) is 13.8 Å². The van der Waals surface area contributed by atoms with E-state index in [0.717, 1.165) is 6.20 Å². The summed E-state index contributed by atoms with van der Waals surface area (Å²) in [5.41, 5.74) is 0.607. The molecule has 0 aliphatic carbocycles. The molecule has 30 heavy (non-hydrogen) atoms. The fraction of sp³-hybridized carbons (Fsp3) is 0.200. The Kier molecular flexibility index (Phi) is 3.85. The third-order valence-corrected chi connectivity index (χ3v) is 5.23. The highest BCUT2D eigenvalue weighted by Gasteiger charge is 2.40. The quantitative estimate of drug-likeness (QED) is 0.561. The molecule has 0 spiro atoms. The van der Waals surface area contributed by atoms with E-state index in [1.165, 1.54) is 35.4 Å². The Morgan fingerprint density at radius 3 is 2.73 bits per heavy atom. The number of nitrogens with one attached hydrogen (secondary N) is 1. The van der Waals surface area contributed by atoms with Gasteiger partial charge in [-0.15, -0.1) is 0 Å². The number of fused-ring (bicyclic) bond motifs is 2. The average Bonchev–Trinajstić information content (AvgIpc) is 3.19. The summed E-state index contributed by atoms with van der Waals surface area (Å²) in [6, 6.07) is 2.73. The van der Waals surface area contributed by atoms with Crippen molar-refractivity contribution in [1.29, 1.82) is 0 Å². The van der Waals surface area contributed by atoms with Gasteiger partial charge in [-0.05, 0) is 26.0 Å². The Balaban J connectivity index is 1.67. The molecule has 1 N–H and O–H groups in total. The topological polar surface area (TPSA) is 98.5 Å². The molecule has 1 aliphatic heterocycles. The molecule has 4 aromatic rings. The van der Waals surface area contributed by atoms with Crippen LogP contribution < -0.4 is 5.32 Å². The maximum atomic E-state index is 14.7. The molecule has 5 heterocycles. The molecule has 0 aromatic carbocycles. The van der Waals surface area contributed by atoms with Crippen molar-refractivity contribution in [2.24, 2.45) is 0 Å². The van der Waals surface area contributed by atoms with Gasteiger partial charge in [-0.2, -0.15) is 5.10 Å². The molecule has 0 fully saturated rings. The molecule has 0 saturated carbocycles. The highest BCUT2D eigenvalue weighted by molar-refractivity contribution is 6.04. The summed E-state index contributed by atoms with van der Waals surface area (Å²) >= 11 is 0. The first kappa shape index (κ1) is 18.2. The van der Waals surface area contributed by atoms with Gasteiger partial charge in [0.25, 0.3) is 0 Å². The number of carbonyl (C=O) groups is 1. The third-order valence-electron chi connectivity index (χ3n) is 5.23. The van der Waals surface area contributed by atoms with Crippen LogP contribution in [-0.4, -0.2) is 35.6 Å². The van der Waals surface area contributed by atoms with Gasteiger partial charge in [-0.25, -0.2) is 28.4 Å². The first-order valence-corrected chi connectivity index (χ1v) is 9.15. The van der Waals surface area contributed by atoms with Crippen molar-refractivity contribution in [3.05, 3.63) is 59.7 Å². The Hall–Kier alpha value is -3.82. The van der Waals surface area contributed by atoms with E-state index in [1.807, 2.05) is 0 Å². The van der Waals surface area contributed by atoms with Crippen LogP contribution in [0.3, 0.4) is 0 Å². The number of hydrogen-bond donors (Lipinski definition) is 1. The lowest BCUT2D eigenvalue weighted by Crippen LogP contribution is -2.26. The zero-order valence-corrected chi connectivity index (χ0v) is 16.0. The number of anilines is 1. The van der Waals surface area contributed by atoms with E-state index >= 15 is 0 Å². The average molecular weight is 407 g/mol. The SMILES string of the molecule is CC1(C)C(=O)Nc2nc(-c3nn(Cc4ccncc4F)c4nccc(F)c34)ncc21. The van der Waals surface area contributed by atoms with Crippen molar-refractivity contribution < 1.29 is 13.6 Å². The molecule has 4 aromatic heterocycles. The van der Waals surface area contributed by atoms with Gasteiger partial charge in [0.1, 0.15) is 23.1 Å². The smallest absolute Gasteiger partial charge is 0.235 e. The predicted molar refractivity (Wildman–Crippen MR) is 103 cm³/mol. The van der Waals surface area contributed by atoms with Gasteiger partial charge in [0.15, 0.2) is 11.5 Å². The van der Waals surface area contributed by atoms with Crippen LogP contribution in [0.1, 0.15) is 25.0 Å². The Morgan fingerprint density at radius 1 is 1.10 bits per heavy atom. The van der Waals surface area contributed by atoms with Crippen molar-refractivity contribution in [2.45, 2.75) is 25.8 Å². The largest absolute Gasteiger partial charge is 0.310 e. The van der Waals surface area contributed by atoms with Crippen LogP contribution in [0.4, 0.5) is 14.6 Å². The number of aromatic nitrogens is 6. The van der Waals surface area contributed by atoms with Crippen molar-refractivity contribution in [3.63, 3.8) is 0 Å². The van der Waals surface area contributed by atoms with Crippen molar-refractivity contribution in [2.75, 3.05) is 5.32 Å². The van der Waals surface area contributed by atoms with Crippen LogP contribution >= 0.6 is 0 Å². The van der Waals surface area contributed by atoms with Crippen LogP contribution in [0.5, 0.6) is 0 Å². The number of hydrogen-bond acceptors (Lipinski definition) is 6. The maximum Gasteiger partial charge on any atom is 0.235 e. The first-order valence-electron chi connectivity index (χ1n) is 9.15. The maximum absolute atomic E-state index is 14.7. The summed E-state index contributed by atoms with van der Waals surface area (Å²) in [6.45, 7) is 3.57. The number of rotatable bonds is 3. The first-order chi connectivity index (χ1) is 14.4. The van der Waals surface area contributed by atoms with Gasteiger partial charge in [0, 0.05) is 29.7 Å². The van der Waals surface area contributed by atoms with E-state index in [-0.39, 0.29) is 35.0 Å². The number of halogens is 2. The summed E-state index contributed by atoms with van der Waals surface area (Å²) < 4.78 is 30.2. The van der Waals surface area contributed by atoms with E-state index in [0.29, 0.717) is 16.9 Å². The molecule has 0 atom stereocenters. The minimum atomic E-state index is -0.763. The molecule has 0 bridgehead atoms. The molecular weight excluding hydrogens is 392 g/mol. The second kappa shape index (κ2) is 6.34. The molecule has 150 valence electrons. The number of pyridine rings is 2. The zero-order chi connectivity index (χ0) is 21.0. The lowest BCUT2D eigenvalue weighted by molar-refractivity contribution is -0.119. The molecule has 0 unspecified atom stereocenters. The molecule has 1 aliphatic rings. The van der Waals surface area contributed by atoms with E-state index in [2.05, 4.69) is 30.4 Å². The molecular formula is C20H15F2N7O. The van der Waals surface area contributed by atoms with Gasteiger partial charge in [0.2, 0.25) is 5.91 Å². The zero-order valence-electron chi connectivity index (χ0n) is 16.0. The lowest BCUT2D eigenvalue weighted by atomic mass is 9.88. The van der Waals surface area contributed by atoms with Crippen LogP contribution in [-0.2, 0) is 16.8 Å². The summed E-state index contributed by atoms with van der Waals surface area (Å²) in [7, 11) is 0. The lowest BCUT2D eigenvalue weighted by Gasteiger charge is -2.13. The van der Waals surface area contributed by atoms with Crippen molar-refractivity contribution in [1.82, 2.24) is 29.7 Å². The van der Waals surface area contributed by atoms with Crippen molar-refractivity contribution in [3.8, 4) is 11.5 Å². The highest BCUT2D eigenvalue weighted by atomic mass is 19.1. The molecule has 0 saturated heterocycles. The third kappa shape index (κ3) is 2.64. The molecule has 1 amide bonds. The van der Waals surface area contributed by atoms with Crippen molar-refractivity contribution >= 4 is 22.8 Å². The van der Waals surface area contributed by atoms with Gasteiger partial charge < -0.3 is 5.32 Å². The van der Waals surface area contributed by atoms with Crippen LogP contribution in [0.2, 0.25) is 0 Å². The van der Waals surface area contributed by atoms with E-state index in [9.17, 15) is 13.6 Å². The van der Waals surface area contributed by atoms with Crippen LogP contribution in [0.25, 0.3) is 22.6 Å². The molecule has 10 heteroatoms. The second-order valence-electron chi connectivity index (χ2n) is 7.50. The minimum absolute atomic E-state index is 0.0238. The van der Waals surface area contributed by atoms with E-state index < -0.39 is 17.0 Å². The fourth-order valence-electron chi connectivity index (χ4n) is 3.46. The minimum Gasteiger partial charge on any atom is -0.310 e. The highest BCUT2D eigenvalue weighted by Crippen LogP contribution is 2.37. The van der Waals surface area contributed by atoms with Gasteiger partial charge in [0.05, 0.1) is 23.5 Å². The Morgan fingerprint density at radius 2 is 1.93 bits per heavy atom. The summed E-state index contributed by atoms with van der Waals surface area (Å²) in [5.74, 6) is -0.747. The second-order valence-corrected chi connectivity index (χ2v) is 7.50. The number of nitrogens with zero attached hydrogens (tertiary/aromatic N) is 6. The molecule has 8 nitrogen and oxygen atoms in total. The summed E-state index contributed by atoms with van der Waals surface area (Å²) in [6.07, 6.45) is 5.42. The Labute approximate surface area is 169 Å². The van der Waals surface area contributed by atoms with Gasteiger partial charge >= 0.3 is 0 Å². The fourth-order valence-corrected chi connectivity index (χ4v) is 3.46. The molecule has 0 radical (unpaired) electrons. The monoisotopic (exact) mass is 407 g/mol.